The van der Waals surface area contributed by atoms with Gasteiger partial charge in [0.05, 0.1) is 6.20 Å². The number of Topliss-reactive ketones (excluding diaryl/α,β-unsaturated/α-hetero) is 1. The van der Waals surface area contributed by atoms with Crippen LogP contribution in [0.3, 0.4) is 0 Å². The molecule has 0 fully saturated rings. The summed E-state index contributed by atoms with van der Waals surface area (Å²) < 4.78 is 14.2. The lowest BCUT2D eigenvalue weighted by atomic mass is 10.1. The molecule has 1 aromatic heterocycles. The van der Waals surface area contributed by atoms with Crippen molar-refractivity contribution in [2.45, 2.75) is 13.5 Å². The largest absolute Gasteiger partial charge is 0.292 e. The van der Waals surface area contributed by atoms with Crippen LogP contribution in [-0.2, 0) is 6.54 Å². The van der Waals surface area contributed by atoms with Crippen LogP contribution in [-0.4, -0.2) is 15.6 Å². The van der Waals surface area contributed by atoms with Gasteiger partial charge in [0.2, 0.25) is 0 Å². The maximum atomic E-state index is 12.7. The van der Waals surface area contributed by atoms with Crippen molar-refractivity contribution in [2.75, 3.05) is 0 Å². The fraction of sp³-hybridized carbons (Fsp3) is 0.167. The number of carbonyl (C=O) groups is 1. The van der Waals surface area contributed by atoms with Crippen molar-refractivity contribution in [1.82, 2.24) is 9.78 Å². The highest BCUT2D eigenvalue weighted by atomic mass is 19.1. The van der Waals surface area contributed by atoms with Crippen molar-refractivity contribution in [3.05, 3.63) is 53.6 Å². The van der Waals surface area contributed by atoms with Gasteiger partial charge in [0, 0.05) is 11.8 Å². The smallest absolute Gasteiger partial charge is 0.184 e. The number of aryl methyl sites for hydroxylation is 1. The summed E-state index contributed by atoms with van der Waals surface area (Å²) in [4.78, 5) is 11.8. The standard InChI is InChI=1S/C12H11FN2O/c1-9-6-14-15(7-9)8-12(16)10-2-4-11(13)5-3-10/h2-7H,8H2,1H3. The predicted octanol–water partition coefficient (Wildman–Crippen LogP) is 2.21. The zero-order valence-corrected chi connectivity index (χ0v) is 8.85. The van der Waals surface area contributed by atoms with Crippen LogP contribution >= 0.6 is 0 Å². The van der Waals surface area contributed by atoms with Crippen molar-refractivity contribution in [3.63, 3.8) is 0 Å². The molecule has 0 saturated carbocycles. The summed E-state index contributed by atoms with van der Waals surface area (Å²) in [6, 6.07) is 5.52. The Hall–Kier alpha value is -1.97. The van der Waals surface area contributed by atoms with Gasteiger partial charge in [-0.1, -0.05) is 0 Å². The highest BCUT2D eigenvalue weighted by molar-refractivity contribution is 5.95. The van der Waals surface area contributed by atoms with Crippen LogP contribution in [0.15, 0.2) is 36.7 Å². The second-order valence-corrected chi connectivity index (χ2v) is 3.65. The van der Waals surface area contributed by atoms with E-state index in [2.05, 4.69) is 5.10 Å². The van der Waals surface area contributed by atoms with Crippen molar-refractivity contribution in [1.29, 1.82) is 0 Å². The molecule has 1 heterocycles. The minimum atomic E-state index is -0.341. The molecule has 0 atom stereocenters. The van der Waals surface area contributed by atoms with E-state index in [4.69, 9.17) is 0 Å². The van der Waals surface area contributed by atoms with Gasteiger partial charge >= 0.3 is 0 Å². The average molecular weight is 218 g/mol. The Kier molecular flexibility index (Phi) is 2.81. The third kappa shape index (κ3) is 2.34. The number of hydrogen-bond acceptors (Lipinski definition) is 2. The summed E-state index contributed by atoms with van der Waals surface area (Å²) in [5, 5.41) is 4.02. The minimum absolute atomic E-state index is 0.0805. The summed E-state index contributed by atoms with van der Waals surface area (Å²) in [6.07, 6.45) is 3.49. The predicted molar refractivity (Wildman–Crippen MR) is 57.7 cm³/mol. The molecule has 2 rings (SSSR count). The number of carbonyl (C=O) groups excluding carboxylic acids is 1. The molecule has 0 unspecified atom stereocenters. The van der Waals surface area contributed by atoms with Gasteiger partial charge in [-0.2, -0.15) is 5.10 Å². The van der Waals surface area contributed by atoms with E-state index in [1.54, 1.807) is 17.1 Å². The second kappa shape index (κ2) is 4.26. The summed E-state index contributed by atoms with van der Waals surface area (Å²) in [6.45, 7) is 2.09. The average Bonchev–Trinajstić information content (AvgIpc) is 2.65. The van der Waals surface area contributed by atoms with Crippen LogP contribution in [0.5, 0.6) is 0 Å². The van der Waals surface area contributed by atoms with Crippen molar-refractivity contribution in [3.8, 4) is 0 Å². The van der Waals surface area contributed by atoms with E-state index in [9.17, 15) is 9.18 Å². The molecule has 0 N–H and O–H groups in total. The van der Waals surface area contributed by atoms with E-state index in [0.29, 0.717) is 5.56 Å². The van der Waals surface area contributed by atoms with E-state index in [-0.39, 0.29) is 18.1 Å². The number of aromatic nitrogens is 2. The maximum Gasteiger partial charge on any atom is 0.184 e. The fourth-order valence-corrected chi connectivity index (χ4v) is 1.43. The first kappa shape index (κ1) is 10.5. The van der Waals surface area contributed by atoms with Crippen LogP contribution in [0, 0.1) is 12.7 Å². The number of ketones is 1. The molecule has 0 amide bonds. The number of hydrogen-bond donors (Lipinski definition) is 0. The second-order valence-electron chi connectivity index (χ2n) is 3.65. The molecule has 0 aliphatic heterocycles. The van der Waals surface area contributed by atoms with Crippen LogP contribution in [0.4, 0.5) is 4.39 Å². The molecule has 0 saturated heterocycles. The van der Waals surface area contributed by atoms with E-state index in [1.807, 2.05) is 6.92 Å². The molecule has 0 bridgehead atoms. The lowest BCUT2D eigenvalue weighted by Crippen LogP contribution is -2.10. The topological polar surface area (TPSA) is 34.9 Å². The normalized spacial score (nSPS) is 10.4. The van der Waals surface area contributed by atoms with Gasteiger partial charge in [-0.3, -0.25) is 9.48 Å². The van der Waals surface area contributed by atoms with Crippen LogP contribution in [0.2, 0.25) is 0 Å². The van der Waals surface area contributed by atoms with Crippen molar-refractivity contribution >= 4 is 5.78 Å². The Bertz CT molecular complexity index is 502. The van der Waals surface area contributed by atoms with Crippen LogP contribution in [0.25, 0.3) is 0 Å². The van der Waals surface area contributed by atoms with Gasteiger partial charge in [-0.05, 0) is 36.8 Å². The van der Waals surface area contributed by atoms with Crippen molar-refractivity contribution in [2.24, 2.45) is 0 Å². The zero-order valence-electron chi connectivity index (χ0n) is 8.85. The molecule has 0 radical (unpaired) electrons. The van der Waals surface area contributed by atoms with Gasteiger partial charge in [-0.15, -0.1) is 0 Å². The Morgan fingerprint density at radius 2 is 2.06 bits per heavy atom. The Morgan fingerprint density at radius 1 is 1.38 bits per heavy atom. The van der Waals surface area contributed by atoms with E-state index >= 15 is 0 Å². The van der Waals surface area contributed by atoms with E-state index in [0.717, 1.165) is 5.56 Å². The highest BCUT2D eigenvalue weighted by Crippen LogP contribution is 2.05. The third-order valence-electron chi connectivity index (χ3n) is 2.23. The first-order valence-corrected chi connectivity index (χ1v) is 4.93. The molecule has 0 spiro atoms. The Morgan fingerprint density at radius 3 is 2.62 bits per heavy atom. The zero-order chi connectivity index (χ0) is 11.5. The SMILES string of the molecule is Cc1cnn(CC(=O)c2ccc(F)cc2)c1. The van der Waals surface area contributed by atoms with Gasteiger partial charge in [-0.25, -0.2) is 4.39 Å². The number of halogens is 1. The van der Waals surface area contributed by atoms with E-state index < -0.39 is 0 Å². The van der Waals surface area contributed by atoms with Crippen LogP contribution in [0.1, 0.15) is 15.9 Å². The third-order valence-corrected chi connectivity index (χ3v) is 2.23. The maximum absolute atomic E-state index is 12.7. The molecule has 0 aliphatic carbocycles. The first-order valence-electron chi connectivity index (χ1n) is 4.93. The van der Waals surface area contributed by atoms with Gasteiger partial charge in [0.1, 0.15) is 12.4 Å². The summed E-state index contributed by atoms with van der Waals surface area (Å²) in [5.74, 6) is -0.422. The summed E-state index contributed by atoms with van der Waals surface area (Å²) >= 11 is 0. The van der Waals surface area contributed by atoms with E-state index in [1.165, 1.54) is 24.3 Å². The van der Waals surface area contributed by atoms with Gasteiger partial charge < -0.3 is 0 Å². The molecule has 16 heavy (non-hydrogen) atoms. The molecule has 2 aromatic rings. The fourth-order valence-electron chi connectivity index (χ4n) is 1.43. The monoisotopic (exact) mass is 218 g/mol. The highest BCUT2D eigenvalue weighted by Gasteiger charge is 2.07. The number of rotatable bonds is 3. The molecule has 1 aromatic carbocycles. The number of benzene rings is 1. The minimum Gasteiger partial charge on any atom is -0.292 e. The Balaban J connectivity index is 2.11. The molecule has 82 valence electrons. The molecular formula is C12H11FN2O. The first-order chi connectivity index (χ1) is 7.65. The molecule has 3 nitrogen and oxygen atoms in total. The number of nitrogens with zero attached hydrogens (tertiary/aromatic N) is 2. The lowest BCUT2D eigenvalue weighted by molar-refractivity contribution is 0.0967. The van der Waals surface area contributed by atoms with Gasteiger partial charge in [0.15, 0.2) is 5.78 Å². The molecular weight excluding hydrogens is 207 g/mol. The quantitative estimate of drug-likeness (QED) is 0.740. The van der Waals surface area contributed by atoms with Crippen molar-refractivity contribution < 1.29 is 9.18 Å². The molecule has 4 heteroatoms. The summed E-state index contributed by atoms with van der Waals surface area (Å²) in [7, 11) is 0. The molecule has 0 aliphatic rings. The van der Waals surface area contributed by atoms with Crippen LogP contribution < -0.4 is 0 Å². The lowest BCUT2D eigenvalue weighted by Gasteiger charge is -2.01. The Labute approximate surface area is 92.5 Å². The van der Waals surface area contributed by atoms with Gasteiger partial charge in [0.25, 0.3) is 0 Å². The summed E-state index contributed by atoms with van der Waals surface area (Å²) in [5.41, 5.74) is 1.50.